The summed E-state index contributed by atoms with van der Waals surface area (Å²) in [5.41, 5.74) is 4.44. The van der Waals surface area contributed by atoms with Crippen molar-refractivity contribution in [2.45, 2.75) is 57.0 Å². The van der Waals surface area contributed by atoms with E-state index in [9.17, 15) is 13.2 Å². The number of aromatic nitrogens is 2. The largest absolute Gasteiger partial charge is 0.350 e. The third-order valence-electron chi connectivity index (χ3n) is 6.05. The second kappa shape index (κ2) is 8.67. The lowest BCUT2D eigenvalue weighted by Crippen LogP contribution is -2.29. The van der Waals surface area contributed by atoms with Crippen LogP contribution < -0.4 is 5.32 Å². The first-order valence-electron chi connectivity index (χ1n) is 11.0. The minimum Gasteiger partial charge on any atom is -0.350 e. The molecular formula is C24H30N4O3S. The summed E-state index contributed by atoms with van der Waals surface area (Å²) in [4.78, 5) is 17.3. The summed E-state index contributed by atoms with van der Waals surface area (Å²) in [5.74, 6) is 0.465. The topological polar surface area (TPSA) is 84.3 Å². The Labute approximate surface area is 189 Å². The van der Waals surface area contributed by atoms with E-state index in [4.69, 9.17) is 0 Å². The van der Waals surface area contributed by atoms with Gasteiger partial charge >= 0.3 is 0 Å². The van der Waals surface area contributed by atoms with E-state index in [0.29, 0.717) is 21.8 Å². The average molecular weight is 455 g/mol. The van der Waals surface area contributed by atoms with Gasteiger partial charge in [0.05, 0.1) is 22.5 Å². The van der Waals surface area contributed by atoms with E-state index in [1.54, 1.807) is 25.2 Å². The molecule has 1 amide bonds. The van der Waals surface area contributed by atoms with E-state index >= 15 is 0 Å². The van der Waals surface area contributed by atoms with Crippen molar-refractivity contribution < 1.29 is 13.2 Å². The zero-order chi connectivity index (χ0) is 23.0. The van der Waals surface area contributed by atoms with Crippen molar-refractivity contribution in [1.82, 2.24) is 19.2 Å². The maximum Gasteiger partial charge on any atom is 0.251 e. The fraction of sp³-hybridized carbons (Fsp3) is 0.417. The lowest BCUT2D eigenvalue weighted by atomic mass is 9.92. The number of carbonyl (C=O) groups is 1. The molecule has 0 saturated carbocycles. The minimum absolute atomic E-state index is 0.0416. The van der Waals surface area contributed by atoms with Crippen LogP contribution >= 0.6 is 0 Å². The van der Waals surface area contributed by atoms with E-state index in [0.717, 1.165) is 36.8 Å². The molecule has 3 aromatic rings. The number of hydrogen-bond donors (Lipinski definition) is 1. The van der Waals surface area contributed by atoms with Crippen LogP contribution in [-0.2, 0) is 36.5 Å². The van der Waals surface area contributed by atoms with Crippen LogP contribution in [-0.4, -0.2) is 41.3 Å². The molecule has 0 atom stereocenters. The molecule has 1 aliphatic rings. The fourth-order valence-corrected chi connectivity index (χ4v) is 5.39. The van der Waals surface area contributed by atoms with Crippen LogP contribution in [0.1, 0.15) is 54.0 Å². The van der Waals surface area contributed by atoms with Crippen LogP contribution in [0.5, 0.6) is 0 Å². The Morgan fingerprint density at radius 2 is 1.84 bits per heavy atom. The zero-order valence-corrected chi connectivity index (χ0v) is 19.9. The van der Waals surface area contributed by atoms with Crippen molar-refractivity contribution in [1.29, 1.82) is 0 Å². The first-order valence-corrected chi connectivity index (χ1v) is 12.4. The summed E-state index contributed by atoms with van der Waals surface area (Å²) in [6, 6.07) is 10.9. The molecule has 0 aliphatic heterocycles. The highest BCUT2D eigenvalue weighted by molar-refractivity contribution is 7.89. The number of nitrogens with zero attached hydrogens (tertiary/aromatic N) is 3. The predicted octanol–water partition coefficient (Wildman–Crippen LogP) is 3.41. The number of carbonyl (C=O) groups excluding carboxylic acids is 1. The molecule has 0 fully saturated rings. The Morgan fingerprint density at radius 1 is 1.12 bits per heavy atom. The fourth-order valence-electron chi connectivity index (χ4n) is 4.21. The quantitative estimate of drug-likeness (QED) is 0.619. The zero-order valence-electron chi connectivity index (χ0n) is 19.1. The van der Waals surface area contributed by atoms with Gasteiger partial charge in [-0.1, -0.05) is 6.07 Å². The van der Waals surface area contributed by atoms with Crippen molar-refractivity contribution in [2.24, 2.45) is 7.05 Å². The summed E-state index contributed by atoms with van der Waals surface area (Å²) in [5, 5.41) is 2.88. The Bertz CT molecular complexity index is 1280. The monoisotopic (exact) mass is 454 g/mol. The van der Waals surface area contributed by atoms with Gasteiger partial charge in [-0.05, 0) is 81.0 Å². The molecule has 8 heteroatoms. The van der Waals surface area contributed by atoms with Gasteiger partial charge in [-0.2, -0.15) is 4.31 Å². The molecule has 0 unspecified atom stereocenters. The summed E-state index contributed by atoms with van der Waals surface area (Å²) in [7, 11) is -0.206. The van der Waals surface area contributed by atoms with Crippen molar-refractivity contribution >= 4 is 27.0 Å². The summed E-state index contributed by atoms with van der Waals surface area (Å²) < 4.78 is 29.7. The molecule has 32 heavy (non-hydrogen) atoms. The van der Waals surface area contributed by atoms with Crippen molar-refractivity contribution in [2.75, 3.05) is 7.05 Å². The number of sulfonamides is 1. The average Bonchev–Trinajstić information content (AvgIpc) is 3.07. The molecule has 4 rings (SSSR count). The van der Waals surface area contributed by atoms with E-state index in [-0.39, 0.29) is 18.5 Å². The van der Waals surface area contributed by atoms with Gasteiger partial charge in [-0.15, -0.1) is 0 Å². The molecule has 0 saturated heterocycles. The number of aryl methyl sites for hydroxylation is 3. The molecule has 1 N–H and O–H groups in total. The van der Waals surface area contributed by atoms with Gasteiger partial charge in [-0.25, -0.2) is 13.4 Å². The smallest absolute Gasteiger partial charge is 0.251 e. The van der Waals surface area contributed by atoms with Gasteiger partial charge in [0.15, 0.2) is 0 Å². The SMILES string of the molecule is CC(C)NC(=O)c1ccc2c(c1)nc(CN(C)S(=O)(=O)c1ccc3c(c1)CCCC3)n2C. The Hall–Kier alpha value is -2.71. The summed E-state index contributed by atoms with van der Waals surface area (Å²) in [6.45, 7) is 3.96. The van der Waals surface area contributed by atoms with E-state index in [1.165, 1.54) is 9.87 Å². The lowest BCUT2D eigenvalue weighted by molar-refractivity contribution is 0.0943. The van der Waals surface area contributed by atoms with E-state index in [1.807, 2.05) is 43.7 Å². The van der Waals surface area contributed by atoms with Crippen molar-refractivity contribution in [3.63, 3.8) is 0 Å². The van der Waals surface area contributed by atoms with E-state index in [2.05, 4.69) is 10.3 Å². The molecule has 0 spiro atoms. The maximum absolute atomic E-state index is 13.2. The van der Waals surface area contributed by atoms with Gasteiger partial charge in [0, 0.05) is 25.7 Å². The van der Waals surface area contributed by atoms with Crippen LogP contribution in [0.15, 0.2) is 41.3 Å². The summed E-state index contributed by atoms with van der Waals surface area (Å²) in [6.07, 6.45) is 4.21. The van der Waals surface area contributed by atoms with Crippen LogP contribution in [0, 0.1) is 0 Å². The van der Waals surface area contributed by atoms with E-state index < -0.39 is 10.0 Å². The van der Waals surface area contributed by atoms with Gasteiger partial charge in [-0.3, -0.25) is 4.79 Å². The molecule has 1 heterocycles. The van der Waals surface area contributed by atoms with Gasteiger partial charge in [0.1, 0.15) is 5.82 Å². The number of benzene rings is 2. The van der Waals surface area contributed by atoms with Crippen LogP contribution in [0.3, 0.4) is 0 Å². The molecule has 1 aliphatic carbocycles. The first kappa shape index (κ1) is 22.5. The molecule has 170 valence electrons. The normalized spacial score (nSPS) is 14.2. The lowest BCUT2D eigenvalue weighted by Gasteiger charge is -2.20. The predicted molar refractivity (Wildman–Crippen MR) is 125 cm³/mol. The van der Waals surface area contributed by atoms with Crippen LogP contribution in [0.4, 0.5) is 0 Å². The van der Waals surface area contributed by atoms with Crippen LogP contribution in [0.25, 0.3) is 11.0 Å². The third kappa shape index (κ3) is 4.29. The molecular weight excluding hydrogens is 424 g/mol. The van der Waals surface area contributed by atoms with Gasteiger partial charge < -0.3 is 9.88 Å². The van der Waals surface area contributed by atoms with Gasteiger partial charge in [0.25, 0.3) is 5.91 Å². The molecule has 7 nitrogen and oxygen atoms in total. The molecule has 1 aromatic heterocycles. The number of rotatable bonds is 6. The highest BCUT2D eigenvalue weighted by Crippen LogP contribution is 2.26. The van der Waals surface area contributed by atoms with Crippen molar-refractivity contribution in [3.05, 3.63) is 58.9 Å². The second-order valence-corrected chi connectivity index (χ2v) is 10.9. The Morgan fingerprint density at radius 3 is 2.56 bits per heavy atom. The number of fused-ring (bicyclic) bond motifs is 2. The minimum atomic E-state index is -3.64. The third-order valence-corrected chi connectivity index (χ3v) is 7.85. The number of amides is 1. The maximum atomic E-state index is 13.2. The van der Waals surface area contributed by atoms with Crippen molar-refractivity contribution in [3.8, 4) is 0 Å². The van der Waals surface area contributed by atoms with Gasteiger partial charge in [0.2, 0.25) is 10.0 Å². The highest BCUT2D eigenvalue weighted by Gasteiger charge is 2.24. The standard InChI is InChI=1S/C24H30N4O3S/c1-16(2)25-24(29)19-10-12-22-21(14-19)26-23(28(22)4)15-27(3)32(30,31)20-11-9-17-7-5-6-8-18(17)13-20/h9-14,16H,5-8,15H2,1-4H3,(H,25,29). The molecule has 0 radical (unpaired) electrons. The Kier molecular flexibility index (Phi) is 6.09. The van der Waals surface area contributed by atoms with Crippen LogP contribution in [0.2, 0.25) is 0 Å². The number of imidazole rings is 1. The second-order valence-electron chi connectivity index (χ2n) is 8.82. The highest BCUT2D eigenvalue weighted by atomic mass is 32.2. The molecule has 0 bridgehead atoms. The Balaban J connectivity index is 1.59. The summed E-state index contributed by atoms with van der Waals surface area (Å²) >= 11 is 0. The molecule has 2 aromatic carbocycles. The number of hydrogen-bond acceptors (Lipinski definition) is 4. The first-order chi connectivity index (χ1) is 15.2. The number of nitrogens with one attached hydrogen (secondary N) is 1.